The minimum atomic E-state index is -0.312. The van der Waals surface area contributed by atoms with Gasteiger partial charge in [-0.3, -0.25) is 0 Å². The van der Waals surface area contributed by atoms with Crippen molar-refractivity contribution < 1.29 is 13.9 Å². The normalized spacial score (nSPS) is 11.9. The number of ether oxygens (including phenoxy) is 1. The van der Waals surface area contributed by atoms with E-state index < -0.39 is 0 Å². The average Bonchev–Trinajstić information content (AvgIpc) is 3.04. The lowest BCUT2D eigenvalue weighted by Crippen LogP contribution is -2.43. The van der Waals surface area contributed by atoms with Gasteiger partial charge in [-0.05, 0) is 43.3 Å². The fourth-order valence-electron chi connectivity index (χ4n) is 2.48. The molecule has 1 aromatic carbocycles. The molecule has 136 valence electrons. The number of halogens is 1. The van der Waals surface area contributed by atoms with Gasteiger partial charge in [0.2, 0.25) is 0 Å². The number of aromatic nitrogens is 2. The Morgan fingerprint density at radius 3 is 2.85 bits per heavy atom. The molecule has 0 aliphatic rings. The van der Waals surface area contributed by atoms with Crippen molar-refractivity contribution in [1.82, 2.24) is 20.0 Å². The molecule has 0 aliphatic heterocycles. The Morgan fingerprint density at radius 1 is 1.27 bits per heavy atom. The van der Waals surface area contributed by atoms with E-state index in [1.807, 2.05) is 41.9 Å². The van der Waals surface area contributed by atoms with Gasteiger partial charge < -0.3 is 19.8 Å². The molecule has 1 atom stereocenters. The van der Waals surface area contributed by atoms with Crippen molar-refractivity contribution in [2.45, 2.75) is 19.4 Å². The number of urea groups is 1. The van der Waals surface area contributed by atoms with Gasteiger partial charge in [-0.25, -0.2) is 14.2 Å². The van der Waals surface area contributed by atoms with Gasteiger partial charge in [0.15, 0.2) is 0 Å². The smallest absolute Gasteiger partial charge is 0.315 e. The molecular weight excluding hydrogens is 335 g/mol. The Morgan fingerprint density at radius 2 is 2.08 bits per heavy atom. The zero-order chi connectivity index (χ0) is 18.4. The van der Waals surface area contributed by atoms with Gasteiger partial charge in [-0.2, -0.15) is 0 Å². The number of carbonyl (C=O) groups is 1. The first kappa shape index (κ1) is 17.7. The second-order valence-electron chi connectivity index (χ2n) is 6.01. The highest BCUT2D eigenvalue weighted by molar-refractivity contribution is 5.74. The number of nitrogens with one attached hydrogen (secondary N) is 2. The van der Waals surface area contributed by atoms with E-state index in [1.54, 1.807) is 12.1 Å². The first-order valence-corrected chi connectivity index (χ1v) is 8.45. The maximum Gasteiger partial charge on any atom is 0.315 e. The summed E-state index contributed by atoms with van der Waals surface area (Å²) in [7, 11) is 0. The maximum atomic E-state index is 12.8. The van der Waals surface area contributed by atoms with Gasteiger partial charge in [0.1, 0.15) is 23.8 Å². The van der Waals surface area contributed by atoms with Crippen molar-refractivity contribution in [1.29, 1.82) is 0 Å². The van der Waals surface area contributed by atoms with Gasteiger partial charge in [-0.15, -0.1) is 0 Å². The van der Waals surface area contributed by atoms with Crippen LogP contribution in [0.15, 0.2) is 54.9 Å². The molecule has 2 heterocycles. The molecule has 7 heteroatoms. The number of imidazole rings is 1. The van der Waals surface area contributed by atoms with Gasteiger partial charge in [0.05, 0.1) is 11.7 Å². The number of hydrogen-bond donors (Lipinski definition) is 2. The maximum absolute atomic E-state index is 12.8. The van der Waals surface area contributed by atoms with E-state index in [2.05, 4.69) is 15.6 Å². The summed E-state index contributed by atoms with van der Waals surface area (Å²) in [4.78, 5) is 16.4. The molecule has 6 nitrogen and oxygen atoms in total. The van der Waals surface area contributed by atoms with Crippen molar-refractivity contribution in [2.75, 3.05) is 13.2 Å². The third-order valence-electron chi connectivity index (χ3n) is 3.77. The second kappa shape index (κ2) is 8.33. The molecule has 1 unspecified atom stereocenters. The summed E-state index contributed by atoms with van der Waals surface area (Å²) in [6, 6.07) is 11.1. The number of amides is 2. The van der Waals surface area contributed by atoms with Crippen LogP contribution in [0.25, 0.3) is 5.65 Å². The zero-order valence-corrected chi connectivity index (χ0v) is 14.5. The zero-order valence-electron chi connectivity index (χ0n) is 14.5. The van der Waals surface area contributed by atoms with Crippen LogP contribution in [0, 0.1) is 5.82 Å². The Labute approximate surface area is 151 Å². The molecule has 26 heavy (non-hydrogen) atoms. The number of pyridine rings is 1. The van der Waals surface area contributed by atoms with Crippen molar-refractivity contribution in [2.24, 2.45) is 0 Å². The molecule has 2 amide bonds. The number of carbonyl (C=O) groups excluding carboxylic acids is 1. The third kappa shape index (κ3) is 4.95. The van der Waals surface area contributed by atoms with Crippen LogP contribution in [0.3, 0.4) is 0 Å². The summed E-state index contributed by atoms with van der Waals surface area (Å²) in [5.41, 5.74) is 1.81. The van der Waals surface area contributed by atoms with Crippen molar-refractivity contribution in [3.05, 3.63) is 66.4 Å². The van der Waals surface area contributed by atoms with Crippen LogP contribution in [0.1, 0.15) is 12.6 Å². The Hall–Kier alpha value is -3.09. The van der Waals surface area contributed by atoms with Crippen molar-refractivity contribution >= 4 is 11.7 Å². The second-order valence-corrected chi connectivity index (χ2v) is 6.01. The monoisotopic (exact) mass is 356 g/mol. The van der Waals surface area contributed by atoms with E-state index in [-0.39, 0.29) is 17.9 Å². The fraction of sp³-hybridized carbons (Fsp3) is 0.263. The van der Waals surface area contributed by atoms with Gasteiger partial charge in [-0.1, -0.05) is 6.07 Å². The number of rotatable bonds is 7. The Balaban J connectivity index is 1.37. The predicted molar refractivity (Wildman–Crippen MR) is 96.8 cm³/mol. The third-order valence-corrected chi connectivity index (χ3v) is 3.77. The highest BCUT2D eigenvalue weighted by Gasteiger charge is 2.08. The molecule has 3 aromatic rings. The highest BCUT2D eigenvalue weighted by atomic mass is 19.1. The van der Waals surface area contributed by atoms with E-state index in [0.717, 1.165) is 11.3 Å². The topological polar surface area (TPSA) is 67.7 Å². The molecule has 0 fully saturated rings. The number of benzene rings is 1. The summed E-state index contributed by atoms with van der Waals surface area (Å²) in [6.07, 6.45) is 4.54. The molecule has 2 N–H and O–H groups in total. The molecule has 0 aliphatic carbocycles. The van der Waals surface area contributed by atoms with E-state index in [4.69, 9.17) is 4.74 Å². The van der Waals surface area contributed by atoms with Crippen LogP contribution in [-0.4, -0.2) is 34.6 Å². The fourth-order valence-corrected chi connectivity index (χ4v) is 2.48. The van der Waals surface area contributed by atoms with Gasteiger partial charge >= 0.3 is 6.03 Å². The summed E-state index contributed by atoms with van der Waals surface area (Å²) in [6.45, 7) is 2.62. The molecular formula is C19H21FN4O2. The lowest BCUT2D eigenvalue weighted by molar-refractivity contribution is 0.226. The summed E-state index contributed by atoms with van der Waals surface area (Å²) in [5, 5.41) is 5.61. The lowest BCUT2D eigenvalue weighted by atomic mass is 10.3. The summed E-state index contributed by atoms with van der Waals surface area (Å²) < 4.78 is 20.3. The molecule has 3 rings (SSSR count). The van der Waals surface area contributed by atoms with E-state index in [1.165, 1.54) is 12.1 Å². The highest BCUT2D eigenvalue weighted by Crippen LogP contribution is 2.11. The first-order chi connectivity index (χ1) is 12.6. The molecule has 0 spiro atoms. The van der Waals surface area contributed by atoms with Crippen LogP contribution in [0.2, 0.25) is 0 Å². The SMILES string of the molecule is CC(COc1ccc(F)cc1)NC(=O)NCCc1cn2ccccc2n1. The molecule has 2 aromatic heterocycles. The molecule has 0 bridgehead atoms. The van der Waals surface area contributed by atoms with E-state index in [9.17, 15) is 9.18 Å². The Kier molecular flexibility index (Phi) is 5.68. The van der Waals surface area contributed by atoms with Gasteiger partial charge in [0, 0.05) is 25.4 Å². The summed E-state index contributed by atoms with van der Waals surface area (Å²) >= 11 is 0. The minimum Gasteiger partial charge on any atom is -0.491 e. The van der Waals surface area contributed by atoms with Crippen LogP contribution >= 0.6 is 0 Å². The number of hydrogen-bond acceptors (Lipinski definition) is 3. The molecule has 0 radical (unpaired) electrons. The average molecular weight is 356 g/mol. The van der Waals surface area contributed by atoms with E-state index >= 15 is 0 Å². The quantitative estimate of drug-likeness (QED) is 0.684. The van der Waals surface area contributed by atoms with Crippen LogP contribution in [0.4, 0.5) is 9.18 Å². The number of nitrogens with zero attached hydrogens (tertiary/aromatic N) is 2. The number of fused-ring (bicyclic) bond motifs is 1. The largest absolute Gasteiger partial charge is 0.491 e. The van der Waals surface area contributed by atoms with Crippen LogP contribution in [0.5, 0.6) is 5.75 Å². The van der Waals surface area contributed by atoms with Gasteiger partial charge in [0.25, 0.3) is 0 Å². The van der Waals surface area contributed by atoms with Crippen molar-refractivity contribution in [3.8, 4) is 5.75 Å². The first-order valence-electron chi connectivity index (χ1n) is 8.45. The Bertz CT molecular complexity index is 830. The standard InChI is InChI=1S/C19H21FN4O2/c1-14(13-26-17-7-5-15(20)6-8-17)22-19(25)21-10-9-16-12-24-11-3-2-4-18(24)23-16/h2-8,11-12,14H,9-10,13H2,1H3,(H2,21,22,25). The van der Waals surface area contributed by atoms with Crippen LogP contribution in [-0.2, 0) is 6.42 Å². The van der Waals surface area contributed by atoms with Crippen LogP contribution < -0.4 is 15.4 Å². The predicted octanol–water partition coefficient (Wildman–Crippen LogP) is 2.78. The molecule has 0 saturated carbocycles. The van der Waals surface area contributed by atoms with Crippen molar-refractivity contribution in [3.63, 3.8) is 0 Å². The molecule has 0 saturated heterocycles. The van der Waals surface area contributed by atoms with E-state index in [0.29, 0.717) is 25.3 Å². The lowest BCUT2D eigenvalue weighted by Gasteiger charge is -2.15. The summed E-state index contributed by atoms with van der Waals surface area (Å²) in [5.74, 6) is 0.251. The minimum absolute atomic E-state index is 0.185.